The summed E-state index contributed by atoms with van der Waals surface area (Å²) in [4.78, 5) is 16.5. The smallest absolute Gasteiger partial charge is 0.260 e. The summed E-state index contributed by atoms with van der Waals surface area (Å²) in [5.41, 5.74) is 1.28. The fraction of sp³-hybridized carbons (Fsp3) is 0.0526. The molecule has 0 aliphatic rings. The predicted octanol–water partition coefficient (Wildman–Crippen LogP) is 4.96. The lowest BCUT2D eigenvalue weighted by Crippen LogP contribution is -2.13. The van der Waals surface area contributed by atoms with Gasteiger partial charge in [-0.1, -0.05) is 12.1 Å². The van der Waals surface area contributed by atoms with Crippen LogP contribution in [-0.2, 0) is 0 Å². The number of amides is 1. The van der Waals surface area contributed by atoms with Crippen molar-refractivity contribution in [2.75, 3.05) is 12.4 Å². The van der Waals surface area contributed by atoms with Gasteiger partial charge in [0.05, 0.1) is 12.7 Å². The van der Waals surface area contributed by atoms with Gasteiger partial charge in [0.1, 0.15) is 22.8 Å². The molecule has 0 atom stereocenters. The van der Waals surface area contributed by atoms with Gasteiger partial charge < -0.3 is 9.15 Å². The van der Waals surface area contributed by atoms with Crippen LogP contribution in [0.1, 0.15) is 10.4 Å². The zero-order chi connectivity index (χ0) is 18.1. The van der Waals surface area contributed by atoms with Crippen LogP contribution in [0.2, 0.25) is 0 Å². The van der Waals surface area contributed by atoms with Gasteiger partial charge >= 0.3 is 0 Å². The molecule has 2 heterocycles. The highest BCUT2D eigenvalue weighted by Gasteiger charge is 2.15. The summed E-state index contributed by atoms with van der Waals surface area (Å²) in [5, 5.41) is 5.64. The molecule has 1 amide bonds. The first kappa shape index (κ1) is 16.3. The first-order chi connectivity index (χ1) is 12.6. The van der Waals surface area contributed by atoms with Gasteiger partial charge in [0.25, 0.3) is 5.91 Å². The molecule has 0 spiro atoms. The molecule has 0 aliphatic carbocycles. The Morgan fingerprint density at radius 1 is 1.23 bits per heavy atom. The average molecular weight is 368 g/mol. The van der Waals surface area contributed by atoms with Crippen LogP contribution in [0.4, 0.5) is 9.52 Å². The highest BCUT2D eigenvalue weighted by Crippen LogP contribution is 2.32. The van der Waals surface area contributed by atoms with Crippen molar-refractivity contribution in [3.8, 4) is 17.2 Å². The molecule has 0 radical (unpaired) electrons. The first-order valence-corrected chi connectivity index (χ1v) is 8.61. The third-order valence-corrected chi connectivity index (χ3v) is 4.58. The van der Waals surface area contributed by atoms with Crippen molar-refractivity contribution >= 4 is 33.3 Å². The maximum absolute atomic E-state index is 13.7. The van der Waals surface area contributed by atoms with Gasteiger partial charge in [-0.05, 0) is 36.4 Å². The number of benzene rings is 2. The largest absolute Gasteiger partial charge is 0.497 e. The van der Waals surface area contributed by atoms with E-state index in [2.05, 4.69) is 10.3 Å². The van der Waals surface area contributed by atoms with Crippen LogP contribution >= 0.6 is 11.3 Å². The minimum Gasteiger partial charge on any atom is -0.497 e. The molecule has 4 rings (SSSR count). The zero-order valence-electron chi connectivity index (χ0n) is 13.7. The third-order valence-electron chi connectivity index (χ3n) is 3.82. The fourth-order valence-corrected chi connectivity index (χ4v) is 3.22. The van der Waals surface area contributed by atoms with Crippen LogP contribution in [-0.4, -0.2) is 18.0 Å². The number of furan rings is 1. The quantitative estimate of drug-likeness (QED) is 0.553. The van der Waals surface area contributed by atoms with Crippen molar-refractivity contribution in [2.24, 2.45) is 0 Å². The molecule has 7 heteroatoms. The van der Waals surface area contributed by atoms with Gasteiger partial charge in [-0.2, -0.15) is 0 Å². The van der Waals surface area contributed by atoms with Crippen LogP contribution in [0.15, 0.2) is 58.3 Å². The predicted molar refractivity (Wildman–Crippen MR) is 98.2 cm³/mol. The van der Waals surface area contributed by atoms with Crippen molar-refractivity contribution in [3.05, 3.63) is 65.3 Å². The fourth-order valence-electron chi connectivity index (χ4n) is 2.53. The van der Waals surface area contributed by atoms with Gasteiger partial charge in [0.2, 0.25) is 0 Å². The van der Waals surface area contributed by atoms with Gasteiger partial charge in [-0.3, -0.25) is 10.1 Å². The molecule has 2 aromatic carbocycles. The molecule has 0 saturated carbocycles. The van der Waals surface area contributed by atoms with Crippen molar-refractivity contribution in [1.29, 1.82) is 0 Å². The number of ether oxygens (including phenoxy) is 1. The van der Waals surface area contributed by atoms with Crippen LogP contribution in [0.3, 0.4) is 0 Å². The Bertz CT molecular complexity index is 1100. The number of rotatable bonds is 4. The van der Waals surface area contributed by atoms with Crippen molar-refractivity contribution < 1.29 is 18.3 Å². The second-order valence-corrected chi connectivity index (χ2v) is 6.34. The Kier molecular flexibility index (Phi) is 4.14. The van der Waals surface area contributed by atoms with E-state index in [1.54, 1.807) is 18.6 Å². The Labute approximate surface area is 152 Å². The molecular formula is C19H13FN2O3S. The third kappa shape index (κ3) is 3.04. The Morgan fingerprint density at radius 3 is 2.88 bits per heavy atom. The number of carbonyl (C=O) groups is 1. The molecule has 26 heavy (non-hydrogen) atoms. The Hall–Kier alpha value is -3.19. The molecule has 0 fully saturated rings. The Morgan fingerprint density at radius 2 is 2.08 bits per heavy atom. The number of thiazole rings is 1. The Balaban J connectivity index is 1.58. The van der Waals surface area contributed by atoms with Crippen LogP contribution < -0.4 is 10.1 Å². The standard InChI is InChI=1S/C19H13FN2O3S/c1-24-12-6-7-16-11(8-12)9-17(25-16)15-10-26-19(21-15)22-18(23)13-4-2-3-5-14(13)20/h2-10H,1H3,(H,21,22,23). The molecule has 0 aliphatic heterocycles. The van der Waals surface area contributed by atoms with E-state index in [0.717, 1.165) is 11.1 Å². The number of carbonyl (C=O) groups excluding carboxylic acids is 1. The SMILES string of the molecule is COc1ccc2oc(-c3csc(NC(=O)c4ccccc4F)n3)cc2c1. The van der Waals surface area contributed by atoms with E-state index in [9.17, 15) is 9.18 Å². The maximum Gasteiger partial charge on any atom is 0.260 e. The molecule has 4 aromatic rings. The van der Waals surface area contributed by atoms with Crippen LogP contribution in [0.25, 0.3) is 22.4 Å². The number of aromatic nitrogens is 1. The molecule has 5 nitrogen and oxygen atoms in total. The number of hydrogen-bond acceptors (Lipinski definition) is 5. The van der Waals surface area contributed by atoms with E-state index >= 15 is 0 Å². The molecule has 1 N–H and O–H groups in total. The topological polar surface area (TPSA) is 64.4 Å². The van der Waals surface area contributed by atoms with Crippen molar-refractivity contribution in [1.82, 2.24) is 4.98 Å². The minimum absolute atomic E-state index is 0.0277. The summed E-state index contributed by atoms with van der Waals surface area (Å²) in [6.07, 6.45) is 0. The number of nitrogens with zero attached hydrogens (tertiary/aromatic N) is 1. The van der Waals surface area contributed by atoms with E-state index in [1.807, 2.05) is 24.3 Å². The lowest BCUT2D eigenvalue weighted by molar-refractivity contribution is 0.102. The van der Waals surface area contributed by atoms with Gasteiger partial charge in [-0.15, -0.1) is 11.3 Å². The van der Waals surface area contributed by atoms with Gasteiger partial charge in [-0.25, -0.2) is 9.37 Å². The van der Waals surface area contributed by atoms with Gasteiger partial charge in [0.15, 0.2) is 10.9 Å². The maximum atomic E-state index is 13.7. The first-order valence-electron chi connectivity index (χ1n) is 7.73. The normalized spacial score (nSPS) is 10.8. The highest BCUT2D eigenvalue weighted by molar-refractivity contribution is 7.14. The number of nitrogens with one attached hydrogen (secondary N) is 1. The average Bonchev–Trinajstić information content (AvgIpc) is 3.27. The summed E-state index contributed by atoms with van der Waals surface area (Å²) in [6, 6.07) is 13.2. The summed E-state index contributed by atoms with van der Waals surface area (Å²) < 4.78 is 24.7. The number of methoxy groups -OCH3 is 1. The number of halogens is 1. The summed E-state index contributed by atoms with van der Waals surface area (Å²) in [5.74, 6) is 0.197. The van der Waals surface area contributed by atoms with Gasteiger partial charge in [0, 0.05) is 10.8 Å². The summed E-state index contributed by atoms with van der Waals surface area (Å²) in [6.45, 7) is 0. The lowest BCUT2D eigenvalue weighted by atomic mass is 10.2. The number of anilines is 1. The zero-order valence-corrected chi connectivity index (χ0v) is 14.5. The molecule has 0 bridgehead atoms. The van der Waals surface area contributed by atoms with E-state index < -0.39 is 11.7 Å². The van der Waals surface area contributed by atoms with Crippen LogP contribution in [0, 0.1) is 5.82 Å². The molecule has 130 valence electrons. The molecule has 2 aromatic heterocycles. The highest BCUT2D eigenvalue weighted by atomic mass is 32.1. The van der Waals surface area contributed by atoms with Crippen molar-refractivity contribution in [3.63, 3.8) is 0 Å². The van der Waals surface area contributed by atoms with Crippen LogP contribution in [0.5, 0.6) is 5.75 Å². The lowest BCUT2D eigenvalue weighted by Gasteiger charge is -2.02. The van der Waals surface area contributed by atoms with E-state index in [-0.39, 0.29) is 5.56 Å². The summed E-state index contributed by atoms with van der Waals surface area (Å²) >= 11 is 1.24. The number of hydrogen-bond donors (Lipinski definition) is 1. The molecular weight excluding hydrogens is 355 g/mol. The molecule has 0 saturated heterocycles. The summed E-state index contributed by atoms with van der Waals surface area (Å²) in [7, 11) is 1.60. The van der Waals surface area contributed by atoms with E-state index in [1.165, 1.54) is 29.5 Å². The second kappa shape index (κ2) is 6.61. The number of fused-ring (bicyclic) bond motifs is 1. The molecule has 0 unspecified atom stereocenters. The second-order valence-electron chi connectivity index (χ2n) is 5.49. The van der Waals surface area contributed by atoms with E-state index in [0.29, 0.717) is 22.2 Å². The minimum atomic E-state index is -0.576. The monoisotopic (exact) mass is 368 g/mol. The van der Waals surface area contributed by atoms with E-state index in [4.69, 9.17) is 9.15 Å². The van der Waals surface area contributed by atoms with Crippen molar-refractivity contribution in [2.45, 2.75) is 0 Å².